The van der Waals surface area contributed by atoms with Gasteiger partial charge in [0.15, 0.2) is 5.78 Å². The molecule has 2 heteroatoms. The number of fused-ring (bicyclic) bond motifs is 7. The maximum Gasteiger partial charge on any atom is 0.194 e. The fraction of sp³-hybridized carbons (Fsp3) is 0.174. The van der Waals surface area contributed by atoms with E-state index < -0.39 is 0 Å². The fourth-order valence-electron chi connectivity index (χ4n) is 4.59. The molecule has 1 nitrogen and oxygen atoms in total. The fourth-order valence-corrected chi connectivity index (χ4v) is 4.95. The van der Waals surface area contributed by atoms with Gasteiger partial charge in [0.25, 0.3) is 0 Å². The monoisotopic (exact) mass is 388 g/mol. The van der Waals surface area contributed by atoms with Gasteiger partial charge in [-0.25, -0.2) is 0 Å². The summed E-state index contributed by atoms with van der Waals surface area (Å²) in [5, 5.41) is 0. The van der Waals surface area contributed by atoms with Crippen molar-refractivity contribution in [3.8, 4) is 22.3 Å². The van der Waals surface area contributed by atoms with Crippen LogP contribution in [0.15, 0.2) is 59.1 Å². The van der Waals surface area contributed by atoms with Crippen molar-refractivity contribution in [2.45, 2.75) is 25.7 Å². The molecule has 3 aromatic rings. The minimum Gasteiger partial charge on any atom is -0.289 e. The first-order chi connectivity index (χ1) is 12.1. The Hall–Kier alpha value is -2.19. The third kappa shape index (κ3) is 1.76. The predicted octanol–water partition coefficient (Wildman–Crippen LogP) is 6.36. The summed E-state index contributed by atoms with van der Waals surface area (Å²) in [6, 6.07) is 18.9. The predicted molar refractivity (Wildman–Crippen MR) is 105 cm³/mol. The van der Waals surface area contributed by atoms with Gasteiger partial charge in [-0.15, -0.1) is 0 Å². The number of rotatable bonds is 1. The van der Waals surface area contributed by atoms with E-state index in [1.54, 1.807) is 0 Å². The molecule has 122 valence electrons. The summed E-state index contributed by atoms with van der Waals surface area (Å²) in [5.74, 6) is 0.136. The molecule has 0 saturated carbocycles. The molecule has 1 unspecified atom stereocenters. The van der Waals surface area contributed by atoms with Gasteiger partial charge in [0.05, 0.1) is 0 Å². The van der Waals surface area contributed by atoms with Crippen LogP contribution >= 0.6 is 15.9 Å². The topological polar surface area (TPSA) is 17.1 Å². The first-order valence-corrected chi connectivity index (χ1v) is 9.47. The largest absolute Gasteiger partial charge is 0.289 e. The Bertz CT molecular complexity index is 1080. The van der Waals surface area contributed by atoms with Crippen LogP contribution in [0.4, 0.5) is 0 Å². The lowest BCUT2D eigenvalue weighted by molar-refractivity contribution is 0.104. The van der Waals surface area contributed by atoms with Crippen molar-refractivity contribution < 1.29 is 4.79 Å². The first-order valence-electron chi connectivity index (χ1n) is 8.68. The van der Waals surface area contributed by atoms with Crippen LogP contribution in [0.1, 0.15) is 47.3 Å². The molecule has 0 aromatic heterocycles. The zero-order valence-electron chi connectivity index (χ0n) is 14.2. The van der Waals surface area contributed by atoms with Gasteiger partial charge in [-0.3, -0.25) is 4.79 Å². The molecule has 0 radical (unpaired) electrons. The molecule has 2 aliphatic carbocycles. The van der Waals surface area contributed by atoms with Crippen molar-refractivity contribution in [1.82, 2.24) is 0 Å². The Labute approximate surface area is 155 Å². The van der Waals surface area contributed by atoms with E-state index in [2.05, 4.69) is 66.2 Å². The van der Waals surface area contributed by atoms with Crippen LogP contribution in [0.3, 0.4) is 0 Å². The second-order valence-corrected chi connectivity index (χ2v) is 8.08. The Balaban J connectivity index is 1.93. The van der Waals surface area contributed by atoms with E-state index in [4.69, 9.17) is 0 Å². The maximum absolute atomic E-state index is 13.0. The summed E-state index contributed by atoms with van der Waals surface area (Å²) >= 11 is 3.50. The molecule has 0 bridgehead atoms. The third-order valence-corrected chi connectivity index (χ3v) is 6.53. The van der Waals surface area contributed by atoms with Gasteiger partial charge in [0.1, 0.15) is 0 Å². The number of hydrogen-bond donors (Lipinski definition) is 0. The molecular formula is C23H17BrO. The highest BCUT2D eigenvalue weighted by molar-refractivity contribution is 9.10. The van der Waals surface area contributed by atoms with Gasteiger partial charge in [-0.1, -0.05) is 72.2 Å². The van der Waals surface area contributed by atoms with Crippen molar-refractivity contribution in [2.24, 2.45) is 0 Å². The summed E-state index contributed by atoms with van der Waals surface area (Å²) in [4.78, 5) is 13.0. The Kier molecular flexibility index (Phi) is 2.97. The summed E-state index contributed by atoms with van der Waals surface area (Å²) in [6.07, 6.45) is 1.04. The standard InChI is InChI=1S/C23H17BrO/c1-3-23(2)18-7-5-4-6-15(18)21-19(23)11-10-16-20(21)14-9-8-13(24)12-17(14)22(16)25/h4-12H,3H2,1-2H3. The average molecular weight is 389 g/mol. The van der Waals surface area contributed by atoms with E-state index in [9.17, 15) is 4.79 Å². The summed E-state index contributed by atoms with van der Waals surface area (Å²) in [5.41, 5.74) is 9.08. The Morgan fingerprint density at radius 2 is 1.60 bits per heavy atom. The van der Waals surface area contributed by atoms with Gasteiger partial charge >= 0.3 is 0 Å². The van der Waals surface area contributed by atoms with Gasteiger partial charge < -0.3 is 0 Å². The number of carbonyl (C=O) groups excluding carboxylic acids is 1. The average Bonchev–Trinajstić information content (AvgIpc) is 3.06. The lowest BCUT2D eigenvalue weighted by Gasteiger charge is -2.25. The van der Waals surface area contributed by atoms with Crippen LogP contribution in [0, 0.1) is 0 Å². The van der Waals surface area contributed by atoms with E-state index in [-0.39, 0.29) is 11.2 Å². The Morgan fingerprint density at radius 3 is 2.40 bits per heavy atom. The van der Waals surface area contributed by atoms with E-state index in [0.717, 1.165) is 33.1 Å². The number of carbonyl (C=O) groups is 1. The molecule has 0 spiro atoms. The van der Waals surface area contributed by atoms with E-state index in [1.807, 2.05) is 18.2 Å². The molecule has 0 fully saturated rings. The van der Waals surface area contributed by atoms with Gasteiger partial charge in [-0.2, -0.15) is 0 Å². The number of benzene rings is 3. The van der Waals surface area contributed by atoms with Crippen molar-refractivity contribution in [3.63, 3.8) is 0 Å². The molecule has 3 aromatic carbocycles. The van der Waals surface area contributed by atoms with Gasteiger partial charge in [0, 0.05) is 26.6 Å². The number of hydrogen-bond acceptors (Lipinski definition) is 1. The number of halogens is 1. The molecule has 5 rings (SSSR count). The molecule has 25 heavy (non-hydrogen) atoms. The molecular weight excluding hydrogens is 372 g/mol. The third-order valence-electron chi connectivity index (χ3n) is 6.04. The smallest absolute Gasteiger partial charge is 0.194 e. The summed E-state index contributed by atoms with van der Waals surface area (Å²) in [7, 11) is 0. The molecule has 2 aliphatic rings. The molecule has 0 saturated heterocycles. The van der Waals surface area contributed by atoms with Crippen LogP contribution in [-0.2, 0) is 5.41 Å². The molecule has 1 atom stereocenters. The first kappa shape index (κ1) is 15.1. The maximum atomic E-state index is 13.0. The summed E-state index contributed by atoms with van der Waals surface area (Å²) in [6.45, 7) is 4.57. The van der Waals surface area contributed by atoms with Crippen molar-refractivity contribution in [1.29, 1.82) is 0 Å². The zero-order valence-corrected chi connectivity index (χ0v) is 15.8. The highest BCUT2D eigenvalue weighted by Gasteiger charge is 2.42. The SMILES string of the molecule is CCC1(C)c2ccccc2-c2c1ccc1c2-c2ccc(Br)cc2C1=O. The molecule has 0 N–H and O–H groups in total. The normalized spacial score (nSPS) is 19.4. The molecule has 0 aliphatic heterocycles. The van der Waals surface area contributed by atoms with Crippen molar-refractivity contribution in [2.75, 3.05) is 0 Å². The van der Waals surface area contributed by atoms with Crippen LogP contribution in [0.25, 0.3) is 22.3 Å². The van der Waals surface area contributed by atoms with E-state index in [0.29, 0.717) is 0 Å². The molecule has 0 amide bonds. The quantitative estimate of drug-likeness (QED) is 0.370. The van der Waals surface area contributed by atoms with Crippen LogP contribution in [0.5, 0.6) is 0 Å². The highest BCUT2D eigenvalue weighted by atomic mass is 79.9. The van der Waals surface area contributed by atoms with Crippen molar-refractivity contribution in [3.05, 3.63) is 81.3 Å². The van der Waals surface area contributed by atoms with E-state index in [1.165, 1.54) is 22.3 Å². The van der Waals surface area contributed by atoms with Gasteiger partial charge in [0.2, 0.25) is 0 Å². The zero-order chi connectivity index (χ0) is 17.3. The van der Waals surface area contributed by atoms with Crippen LogP contribution in [0.2, 0.25) is 0 Å². The second kappa shape index (κ2) is 4.92. The lowest BCUT2D eigenvalue weighted by atomic mass is 9.77. The van der Waals surface area contributed by atoms with Crippen LogP contribution < -0.4 is 0 Å². The lowest BCUT2D eigenvalue weighted by Crippen LogP contribution is -2.19. The van der Waals surface area contributed by atoms with Gasteiger partial charge in [-0.05, 0) is 46.4 Å². The highest BCUT2D eigenvalue weighted by Crippen LogP contribution is 2.56. The summed E-state index contributed by atoms with van der Waals surface area (Å²) < 4.78 is 0.947. The molecule has 0 heterocycles. The number of ketones is 1. The van der Waals surface area contributed by atoms with E-state index >= 15 is 0 Å². The van der Waals surface area contributed by atoms with Crippen molar-refractivity contribution >= 4 is 21.7 Å². The second-order valence-electron chi connectivity index (χ2n) is 7.16. The minimum absolute atomic E-state index is 0.00210. The Morgan fingerprint density at radius 1 is 0.840 bits per heavy atom. The minimum atomic E-state index is 0.00210. The van der Waals surface area contributed by atoms with Crippen LogP contribution in [-0.4, -0.2) is 5.78 Å².